The number of rotatable bonds is 3. The number of hydrogen-bond acceptors (Lipinski definition) is 4. The Labute approximate surface area is 239 Å². The van der Waals surface area contributed by atoms with Gasteiger partial charge in [-0.2, -0.15) is 0 Å². The summed E-state index contributed by atoms with van der Waals surface area (Å²) in [5, 5.41) is 22.2. The number of hydrogen-bond donors (Lipinski definition) is 2. The van der Waals surface area contributed by atoms with Crippen LogP contribution in [0.1, 0.15) is 87.2 Å². The lowest BCUT2D eigenvalue weighted by Crippen LogP contribution is -2.45. The van der Waals surface area contributed by atoms with Crippen LogP contribution < -0.4 is 24.8 Å². The van der Waals surface area contributed by atoms with Crippen LogP contribution in [0.3, 0.4) is 0 Å². The Morgan fingerprint density at radius 3 is 2.29 bits per heavy atom. The van der Waals surface area contributed by atoms with Gasteiger partial charge < -0.3 is 19.8 Å². The molecule has 5 aliphatic rings. The molecule has 7 nitrogen and oxygen atoms in total. The molecule has 41 heavy (non-hydrogen) atoms. The standard InChI is InChI=1S/C33H30N2O5.CH4/c36-32(37)20-9-10-21(24(17-20)33(38)39)27-25-15-18-5-1-11-34-13-3-7-22(28(18)34)30(25)40-31-23-8-4-14-35-12-2-6-19(29(23)35)16-26(27)31;/h9-10,15-17H,1-8,11-14H2,(H-,36,37,38,39);1H4/p+1. The quantitative estimate of drug-likeness (QED) is 0.372. The molecule has 2 N–H and O–H groups in total. The van der Waals surface area contributed by atoms with Gasteiger partial charge in [-0.1, -0.05) is 13.5 Å². The second-order valence-electron chi connectivity index (χ2n) is 11.7. The maximum Gasteiger partial charge on any atom is 0.336 e. The number of ether oxygens (including phenoxy) is 1. The molecule has 3 aromatic rings. The van der Waals surface area contributed by atoms with Gasteiger partial charge in [-0.3, -0.25) is 0 Å². The Bertz CT molecular complexity index is 1800. The first-order valence-corrected chi connectivity index (χ1v) is 14.5. The molecule has 3 aromatic carbocycles. The van der Waals surface area contributed by atoms with Crippen molar-refractivity contribution < 1.29 is 24.5 Å². The molecule has 0 aliphatic carbocycles. The Balaban J connectivity index is 0.00000276. The molecular weight excluding hydrogens is 516 g/mol. The molecule has 0 atom stereocenters. The van der Waals surface area contributed by atoms with Crippen molar-refractivity contribution in [1.82, 2.24) is 4.58 Å². The Kier molecular flexibility index (Phi) is 5.96. The molecule has 8 rings (SSSR count). The Hall–Kier alpha value is -4.13. The first-order valence-electron chi connectivity index (χ1n) is 14.5. The number of benzene rings is 3. The highest BCUT2D eigenvalue weighted by Crippen LogP contribution is 2.48. The van der Waals surface area contributed by atoms with E-state index in [0.717, 1.165) is 105 Å². The Morgan fingerprint density at radius 1 is 0.780 bits per heavy atom. The minimum Gasteiger partial charge on any atom is -0.478 e. The van der Waals surface area contributed by atoms with E-state index in [0.29, 0.717) is 5.56 Å². The zero-order valence-electron chi connectivity index (χ0n) is 22.4. The fraction of sp³-hybridized carbons (Fsp3) is 0.382. The van der Waals surface area contributed by atoms with E-state index < -0.39 is 11.9 Å². The van der Waals surface area contributed by atoms with Gasteiger partial charge in [0.1, 0.15) is 24.6 Å². The number of aryl methyl sites for hydroxylation is 2. The lowest BCUT2D eigenvalue weighted by molar-refractivity contribution is 0.0695. The van der Waals surface area contributed by atoms with Crippen molar-refractivity contribution in [3.8, 4) is 11.5 Å². The van der Waals surface area contributed by atoms with Crippen LogP contribution in [0.2, 0.25) is 0 Å². The highest BCUT2D eigenvalue weighted by Gasteiger charge is 2.36. The van der Waals surface area contributed by atoms with Crippen molar-refractivity contribution in [3.63, 3.8) is 0 Å². The second kappa shape index (κ2) is 9.47. The number of aromatic carboxylic acids is 2. The molecule has 210 valence electrons. The summed E-state index contributed by atoms with van der Waals surface area (Å²) in [5.74, 6) is -0.550. The third-order valence-electron chi connectivity index (χ3n) is 9.45. The van der Waals surface area contributed by atoms with E-state index in [-0.39, 0.29) is 18.6 Å². The average Bonchev–Trinajstić information content (AvgIpc) is 2.97. The lowest BCUT2D eigenvalue weighted by atomic mass is 9.81. The van der Waals surface area contributed by atoms with E-state index in [1.54, 1.807) is 6.07 Å². The molecule has 0 radical (unpaired) electrons. The number of nitrogens with zero attached hydrogens (tertiary/aromatic N) is 2. The molecule has 5 heterocycles. The smallest absolute Gasteiger partial charge is 0.336 e. The van der Waals surface area contributed by atoms with Crippen molar-refractivity contribution in [1.29, 1.82) is 0 Å². The number of anilines is 1. The summed E-state index contributed by atoms with van der Waals surface area (Å²) in [6.45, 7) is 4.22. The van der Waals surface area contributed by atoms with Gasteiger partial charge in [-0.25, -0.2) is 14.2 Å². The summed E-state index contributed by atoms with van der Waals surface area (Å²) in [4.78, 5) is 26.9. The topological polar surface area (TPSA) is 90.1 Å². The van der Waals surface area contributed by atoms with Crippen molar-refractivity contribution in [2.75, 3.05) is 31.1 Å². The van der Waals surface area contributed by atoms with E-state index in [9.17, 15) is 19.8 Å². The minimum atomic E-state index is -1.14. The van der Waals surface area contributed by atoms with Crippen LogP contribution in [0.15, 0.2) is 30.3 Å². The minimum absolute atomic E-state index is 0. The second-order valence-corrected chi connectivity index (χ2v) is 11.7. The number of fused-ring (bicyclic) bond motifs is 4. The van der Waals surface area contributed by atoms with E-state index in [2.05, 4.69) is 21.6 Å². The van der Waals surface area contributed by atoms with Gasteiger partial charge in [-0.05, 0) is 73.9 Å². The molecule has 7 heteroatoms. The SMILES string of the molecule is C.O=C(O)c1ccc(C2=c3cc4c5c(c3Oc3c2cc2c6c3CCCN6CCC2)CCC[N+]=5CCC4)c(C(=O)O)c1. The van der Waals surface area contributed by atoms with Gasteiger partial charge in [0.25, 0.3) is 0 Å². The molecule has 0 bridgehead atoms. The van der Waals surface area contributed by atoms with Gasteiger partial charge in [0.15, 0.2) is 0 Å². The molecule has 0 amide bonds. The highest BCUT2D eigenvalue weighted by atomic mass is 16.5. The van der Waals surface area contributed by atoms with Crippen molar-refractivity contribution in [3.05, 3.63) is 85.4 Å². The highest BCUT2D eigenvalue weighted by molar-refractivity contribution is 6.01. The molecule has 5 aliphatic heterocycles. The third kappa shape index (κ3) is 3.74. The van der Waals surface area contributed by atoms with Crippen molar-refractivity contribution >= 4 is 23.2 Å². The largest absolute Gasteiger partial charge is 0.478 e. The Morgan fingerprint density at radius 2 is 1.51 bits per heavy atom. The van der Waals surface area contributed by atoms with Gasteiger partial charge >= 0.3 is 11.9 Å². The molecule has 0 aromatic heterocycles. The van der Waals surface area contributed by atoms with E-state index in [4.69, 9.17) is 4.74 Å². The average molecular weight is 552 g/mol. The number of carbonyl (C=O) groups is 2. The van der Waals surface area contributed by atoms with Gasteiger partial charge in [-0.15, -0.1) is 0 Å². The number of carboxylic acid groups (broad SMARTS) is 2. The van der Waals surface area contributed by atoms with Gasteiger partial charge in [0.05, 0.1) is 16.7 Å². The van der Waals surface area contributed by atoms with E-state index in [1.807, 2.05) is 0 Å². The molecule has 0 fully saturated rings. The first-order chi connectivity index (χ1) is 19.5. The summed E-state index contributed by atoms with van der Waals surface area (Å²) in [5.41, 5.74) is 8.71. The molecule has 0 unspecified atom stereocenters. The molecule has 0 saturated carbocycles. The van der Waals surface area contributed by atoms with Crippen LogP contribution in [0.5, 0.6) is 11.5 Å². The van der Waals surface area contributed by atoms with Crippen LogP contribution >= 0.6 is 0 Å². The zero-order chi connectivity index (χ0) is 27.1. The van der Waals surface area contributed by atoms with E-state index in [1.165, 1.54) is 45.4 Å². The van der Waals surface area contributed by atoms with Crippen molar-refractivity contribution in [2.24, 2.45) is 0 Å². The predicted molar refractivity (Wildman–Crippen MR) is 157 cm³/mol. The molecule has 0 saturated heterocycles. The van der Waals surface area contributed by atoms with Crippen LogP contribution in [0, 0.1) is 0 Å². The van der Waals surface area contributed by atoms with Crippen LogP contribution in [0.4, 0.5) is 5.69 Å². The summed E-state index contributed by atoms with van der Waals surface area (Å²) < 4.78 is 9.52. The molecule has 0 spiro atoms. The normalized spacial score (nSPS) is 17.8. The summed E-state index contributed by atoms with van der Waals surface area (Å²) in [6, 6.07) is 8.99. The molecular formula is C34H35N2O5+. The monoisotopic (exact) mass is 551 g/mol. The van der Waals surface area contributed by atoms with Crippen molar-refractivity contribution in [2.45, 2.75) is 58.8 Å². The van der Waals surface area contributed by atoms with E-state index >= 15 is 0 Å². The fourth-order valence-corrected chi connectivity index (χ4v) is 7.88. The summed E-state index contributed by atoms with van der Waals surface area (Å²) in [6.07, 6.45) is 8.15. The maximum absolute atomic E-state index is 12.6. The van der Waals surface area contributed by atoms with Crippen LogP contribution in [-0.2, 0) is 25.7 Å². The van der Waals surface area contributed by atoms with Gasteiger partial charge in [0, 0.05) is 59.1 Å². The van der Waals surface area contributed by atoms with Crippen LogP contribution in [0.25, 0.3) is 5.57 Å². The summed E-state index contributed by atoms with van der Waals surface area (Å²) in [7, 11) is 0. The lowest BCUT2D eigenvalue weighted by Gasteiger charge is -2.39. The fourth-order valence-electron chi connectivity index (χ4n) is 7.88. The number of carboxylic acids is 2. The zero-order valence-corrected chi connectivity index (χ0v) is 22.4. The van der Waals surface area contributed by atoms with Gasteiger partial charge in [0.2, 0.25) is 5.36 Å². The first kappa shape index (κ1) is 25.8. The maximum atomic E-state index is 12.6. The van der Waals surface area contributed by atoms with Crippen LogP contribution in [-0.4, -0.2) is 48.3 Å². The predicted octanol–water partition coefficient (Wildman–Crippen LogP) is 4.15. The third-order valence-corrected chi connectivity index (χ3v) is 9.45. The summed E-state index contributed by atoms with van der Waals surface area (Å²) >= 11 is 0.